The zero-order chi connectivity index (χ0) is 21.8. The Hall–Kier alpha value is -2.98. The van der Waals surface area contributed by atoms with Gasteiger partial charge < -0.3 is 21.7 Å². The molecule has 1 atom stereocenters. The van der Waals surface area contributed by atoms with Crippen LogP contribution in [0.3, 0.4) is 0 Å². The molecule has 0 radical (unpaired) electrons. The van der Waals surface area contributed by atoms with Crippen LogP contribution >= 0.6 is 0 Å². The topological polar surface area (TPSA) is 67.3 Å². The van der Waals surface area contributed by atoms with Crippen LogP contribution in [-0.2, 0) is 5.54 Å². The van der Waals surface area contributed by atoms with Gasteiger partial charge in [-0.15, -0.1) is 0 Å². The van der Waals surface area contributed by atoms with E-state index in [4.69, 9.17) is 11.5 Å². The van der Waals surface area contributed by atoms with E-state index in [1.807, 2.05) is 12.1 Å². The monoisotopic (exact) mass is 414 g/mol. The van der Waals surface area contributed by atoms with Gasteiger partial charge in [-0.1, -0.05) is 55.8 Å². The zero-order valence-corrected chi connectivity index (χ0v) is 18.7. The van der Waals surface area contributed by atoms with E-state index < -0.39 is 0 Å². The Bertz CT molecular complexity index is 1030. The SMILES string of the molecule is CCCCNCCCN1c2cc(N)ccc2-c2ccc(N)cc2C1(C)c1ccccc1. The average molecular weight is 415 g/mol. The highest BCUT2D eigenvalue weighted by Crippen LogP contribution is 2.51. The zero-order valence-electron chi connectivity index (χ0n) is 18.7. The molecular weight excluding hydrogens is 380 g/mol. The lowest BCUT2D eigenvalue weighted by molar-refractivity contribution is 0.498. The van der Waals surface area contributed by atoms with Crippen LogP contribution in [0.15, 0.2) is 66.7 Å². The molecule has 1 aliphatic rings. The molecule has 0 aliphatic carbocycles. The molecule has 5 N–H and O–H groups in total. The van der Waals surface area contributed by atoms with Crippen LogP contribution in [0.2, 0.25) is 0 Å². The summed E-state index contributed by atoms with van der Waals surface area (Å²) in [6.07, 6.45) is 3.49. The second kappa shape index (κ2) is 9.03. The van der Waals surface area contributed by atoms with Crippen molar-refractivity contribution in [3.63, 3.8) is 0 Å². The molecule has 31 heavy (non-hydrogen) atoms. The molecule has 4 nitrogen and oxygen atoms in total. The number of unbranched alkanes of at least 4 members (excludes halogenated alkanes) is 1. The van der Waals surface area contributed by atoms with Crippen molar-refractivity contribution in [2.45, 2.75) is 38.6 Å². The maximum absolute atomic E-state index is 6.29. The first-order chi connectivity index (χ1) is 15.1. The first-order valence-electron chi connectivity index (χ1n) is 11.4. The van der Waals surface area contributed by atoms with E-state index >= 15 is 0 Å². The minimum absolute atomic E-state index is 0.337. The molecule has 0 aromatic heterocycles. The maximum Gasteiger partial charge on any atom is 0.0885 e. The van der Waals surface area contributed by atoms with Crippen LogP contribution < -0.4 is 21.7 Å². The van der Waals surface area contributed by atoms with Crippen LogP contribution in [0.5, 0.6) is 0 Å². The van der Waals surface area contributed by atoms with Crippen LogP contribution in [0.4, 0.5) is 17.1 Å². The molecule has 1 unspecified atom stereocenters. The minimum Gasteiger partial charge on any atom is -0.399 e. The minimum atomic E-state index is -0.337. The Labute approximate surface area is 186 Å². The summed E-state index contributed by atoms with van der Waals surface area (Å²) in [6.45, 7) is 7.55. The summed E-state index contributed by atoms with van der Waals surface area (Å²) in [5, 5.41) is 3.59. The van der Waals surface area contributed by atoms with E-state index in [1.54, 1.807) is 0 Å². The highest BCUT2D eigenvalue weighted by atomic mass is 15.2. The van der Waals surface area contributed by atoms with Crippen LogP contribution in [0.25, 0.3) is 11.1 Å². The van der Waals surface area contributed by atoms with Gasteiger partial charge in [-0.25, -0.2) is 0 Å². The van der Waals surface area contributed by atoms with Gasteiger partial charge in [-0.05, 0) is 73.8 Å². The normalized spacial score (nSPS) is 17.3. The van der Waals surface area contributed by atoms with Gasteiger partial charge in [0.1, 0.15) is 0 Å². The van der Waals surface area contributed by atoms with E-state index in [1.165, 1.54) is 40.8 Å². The molecule has 4 rings (SSSR count). The maximum atomic E-state index is 6.29. The molecule has 0 fully saturated rings. The number of rotatable bonds is 8. The molecule has 162 valence electrons. The third kappa shape index (κ3) is 4.00. The fourth-order valence-electron chi connectivity index (χ4n) is 4.79. The molecule has 0 saturated heterocycles. The van der Waals surface area contributed by atoms with Crippen molar-refractivity contribution in [3.8, 4) is 11.1 Å². The molecule has 0 spiro atoms. The highest BCUT2D eigenvalue weighted by Gasteiger charge is 2.42. The number of anilines is 3. The molecule has 1 aliphatic heterocycles. The quantitative estimate of drug-likeness (QED) is 0.342. The summed E-state index contributed by atoms with van der Waals surface area (Å²) in [5.74, 6) is 0. The van der Waals surface area contributed by atoms with Crippen molar-refractivity contribution in [3.05, 3.63) is 77.9 Å². The lowest BCUT2D eigenvalue weighted by Gasteiger charge is -2.49. The van der Waals surface area contributed by atoms with Gasteiger partial charge in [-0.3, -0.25) is 0 Å². The Morgan fingerprint density at radius 1 is 0.839 bits per heavy atom. The Morgan fingerprint density at radius 3 is 2.26 bits per heavy atom. The predicted molar refractivity (Wildman–Crippen MR) is 133 cm³/mol. The fraction of sp³-hybridized carbons (Fsp3) is 0.333. The van der Waals surface area contributed by atoms with E-state index in [2.05, 4.69) is 78.7 Å². The summed E-state index contributed by atoms with van der Waals surface area (Å²) >= 11 is 0. The van der Waals surface area contributed by atoms with E-state index in [9.17, 15) is 0 Å². The van der Waals surface area contributed by atoms with Gasteiger partial charge in [0.25, 0.3) is 0 Å². The summed E-state index contributed by atoms with van der Waals surface area (Å²) in [6, 6.07) is 23.3. The standard InChI is InChI=1S/C27H34N4/c1-3-4-15-30-16-8-17-31-26-19-22(29)12-14-24(26)23-13-11-21(28)18-25(23)27(31,2)20-9-6-5-7-10-20/h5-7,9-14,18-19,30H,3-4,8,15-17,28-29H2,1-2H3. The smallest absolute Gasteiger partial charge is 0.0885 e. The highest BCUT2D eigenvalue weighted by molar-refractivity contribution is 5.89. The molecule has 1 heterocycles. The van der Waals surface area contributed by atoms with Crippen molar-refractivity contribution in [1.29, 1.82) is 0 Å². The summed E-state index contributed by atoms with van der Waals surface area (Å²) in [5.41, 5.74) is 19.9. The van der Waals surface area contributed by atoms with Crippen LogP contribution in [0.1, 0.15) is 44.2 Å². The van der Waals surface area contributed by atoms with Crippen molar-refractivity contribution in [1.82, 2.24) is 5.32 Å². The van der Waals surface area contributed by atoms with Gasteiger partial charge in [0.15, 0.2) is 0 Å². The molecule has 4 heteroatoms. The number of nitrogens with zero attached hydrogens (tertiary/aromatic N) is 1. The number of hydrogen-bond donors (Lipinski definition) is 3. The van der Waals surface area contributed by atoms with Gasteiger partial charge in [-0.2, -0.15) is 0 Å². The third-order valence-electron chi connectivity index (χ3n) is 6.49. The van der Waals surface area contributed by atoms with Crippen molar-refractivity contribution < 1.29 is 0 Å². The summed E-state index contributed by atoms with van der Waals surface area (Å²) < 4.78 is 0. The van der Waals surface area contributed by atoms with E-state index in [-0.39, 0.29) is 5.54 Å². The third-order valence-corrected chi connectivity index (χ3v) is 6.49. The molecule has 0 bridgehead atoms. The van der Waals surface area contributed by atoms with E-state index in [0.717, 1.165) is 37.4 Å². The lowest BCUT2D eigenvalue weighted by Crippen LogP contribution is -2.48. The average Bonchev–Trinajstić information content (AvgIpc) is 2.78. The summed E-state index contributed by atoms with van der Waals surface area (Å²) in [4.78, 5) is 2.53. The fourth-order valence-corrected chi connectivity index (χ4v) is 4.79. The van der Waals surface area contributed by atoms with Crippen LogP contribution in [-0.4, -0.2) is 19.6 Å². The molecule has 3 aromatic rings. The molecule has 0 saturated carbocycles. The number of hydrogen-bond acceptors (Lipinski definition) is 4. The van der Waals surface area contributed by atoms with E-state index in [0.29, 0.717) is 0 Å². The Balaban J connectivity index is 1.80. The number of nitrogen functional groups attached to an aromatic ring is 2. The van der Waals surface area contributed by atoms with Gasteiger partial charge in [0.05, 0.1) is 5.54 Å². The molecule has 3 aromatic carbocycles. The number of nitrogens with two attached hydrogens (primary N) is 2. The molecule has 0 amide bonds. The second-order valence-corrected chi connectivity index (χ2v) is 8.63. The molecular formula is C27H34N4. The van der Waals surface area contributed by atoms with Gasteiger partial charge in [0.2, 0.25) is 0 Å². The predicted octanol–water partition coefficient (Wildman–Crippen LogP) is 5.38. The number of benzene rings is 3. The van der Waals surface area contributed by atoms with Gasteiger partial charge >= 0.3 is 0 Å². The second-order valence-electron chi connectivity index (χ2n) is 8.63. The largest absolute Gasteiger partial charge is 0.399 e. The number of fused-ring (bicyclic) bond motifs is 3. The first kappa shape index (κ1) is 21.3. The Kier molecular flexibility index (Phi) is 6.19. The van der Waals surface area contributed by atoms with Gasteiger partial charge in [0, 0.05) is 29.2 Å². The van der Waals surface area contributed by atoms with Crippen molar-refractivity contribution in [2.75, 3.05) is 36.0 Å². The van der Waals surface area contributed by atoms with Crippen molar-refractivity contribution >= 4 is 17.1 Å². The first-order valence-corrected chi connectivity index (χ1v) is 11.4. The summed E-state index contributed by atoms with van der Waals surface area (Å²) in [7, 11) is 0. The number of nitrogens with one attached hydrogen (secondary N) is 1. The lowest BCUT2D eigenvalue weighted by atomic mass is 9.75. The van der Waals surface area contributed by atoms with Crippen LogP contribution in [0, 0.1) is 0 Å². The Morgan fingerprint density at radius 2 is 1.52 bits per heavy atom. The van der Waals surface area contributed by atoms with Crippen molar-refractivity contribution in [2.24, 2.45) is 0 Å².